The van der Waals surface area contributed by atoms with Crippen LogP contribution in [-0.4, -0.2) is 44.0 Å². The van der Waals surface area contributed by atoms with E-state index in [1.807, 2.05) is 47.6 Å². The van der Waals surface area contributed by atoms with E-state index < -0.39 is 10.7 Å². The number of rotatable bonds is 9. The second-order valence-corrected chi connectivity index (χ2v) is 10.3. The number of nitro groups is 1. The second kappa shape index (κ2) is 12.0. The molecule has 4 aromatic rings. The van der Waals surface area contributed by atoms with Gasteiger partial charge in [-0.3, -0.25) is 19.9 Å². The maximum atomic E-state index is 14.1. The Balaban J connectivity index is 1.51. The van der Waals surface area contributed by atoms with E-state index in [0.29, 0.717) is 16.5 Å². The number of amides is 1. The molecule has 0 saturated carbocycles. The number of aromatic nitrogens is 2. The Labute approximate surface area is 247 Å². The van der Waals surface area contributed by atoms with Crippen LogP contribution in [0.25, 0.3) is 5.69 Å². The number of nitrogens with zero attached hydrogens (tertiary/aromatic N) is 4. The molecular weight excluding hydrogens is 559 g/mol. The Bertz CT molecular complexity index is 1660. The van der Waals surface area contributed by atoms with E-state index in [1.54, 1.807) is 24.4 Å². The summed E-state index contributed by atoms with van der Waals surface area (Å²) >= 11 is 5.76. The SMILES string of the molecule is COc1cc([N+](=O)[O-])ccc1-n1c(C)cc([C@@H]2[C@@H](c3ccccn3)NC(=S)N2CCC(=O)Nc2ccccc2F)c1C. The van der Waals surface area contributed by atoms with Gasteiger partial charge in [-0.25, -0.2) is 4.39 Å². The summed E-state index contributed by atoms with van der Waals surface area (Å²) in [6, 6.07) is 17.6. The number of carbonyl (C=O) groups is 1. The van der Waals surface area contributed by atoms with Crippen molar-refractivity contribution in [2.45, 2.75) is 32.4 Å². The molecule has 5 rings (SSSR count). The number of hydrogen-bond donors (Lipinski definition) is 2. The number of non-ortho nitro benzene ring substituents is 1. The molecule has 42 heavy (non-hydrogen) atoms. The number of halogens is 1. The van der Waals surface area contributed by atoms with Gasteiger partial charge in [0.05, 0.1) is 47.3 Å². The maximum Gasteiger partial charge on any atom is 0.273 e. The average molecular weight is 589 g/mol. The maximum absolute atomic E-state index is 14.1. The van der Waals surface area contributed by atoms with E-state index in [1.165, 1.54) is 31.4 Å². The zero-order chi connectivity index (χ0) is 30.0. The van der Waals surface area contributed by atoms with E-state index in [-0.39, 0.29) is 42.3 Å². The molecule has 10 nitrogen and oxygen atoms in total. The lowest BCUT2D eigenvalue weighted by molar-refractivity contribution is -0.384. The van der Waals surface area contributed by atoms with Crippen molar-refractivity contribution in [3.8, 4) is 11.4 Å². The molecule has 0 spiro atoms. The highest BCUT2D eigenvalue weighted by Gasteiger charge is 2.41. The third-order valence-electron chi connectivity index (χ3n) is 7.33. The number of carbonyl (C=O) groups excluding carboxylic acids is 1. The van der Waals surface area contributed by atoms with Crippen LogP contribution in [0.3, 0.4) is 0 Å². The predicted molar refractivity (Wildman–Crippen MR) is 160 cm³/mol. The van der Waals surface area contributed by atoms with Crippen LogP contribution >= 0.6 is 12.2 Å². The van der Waals surface area contributed by atoms with E-state index in [9.17, 15) is 19.3 Å². The predicted octanol–water partition coefficient (Wildman–Crippen LogP) is 5.55. The minimum atomic E-state index is -0.508. The number of nitrogens with one attached hydrogen (secondary N) is 2. The number of pyridine rings is 1. The molecule has 1 fully saturated rings. The van der Waals surface area contributed by atoms with Crippen LogP contribution in [0.15, 0.2) is 72.9 Å². The van der Waals surface area contributed by atoms with E-state index in [4.69, 9.17) is 17.0 Å². The highest BCUT2D eigenvalue weighted by Crippen LogP contribution is 2.42. The Kier molecular flexibility index (Phi) is 8.16. The summed E-state index contributed by atoms with van der Waals surface area (Å²) in [7, 11) is 1.47. The number of hydrogen-bond acceptors (Lipinski definition) is 6. The Hall–Kier alpha value is -4.84. The number of anilines is 1. The van der Waals surface area contributed by atoms with Crippen LogP contribution in [0.5, 0.6) is 5.75 Å². The smallest absolute Gasteiger partial charge is 0.273 e. The fourth-order valence-electron chi connectivity index (χ4n) is 5.40. The fraction of sp³-hybridized carbons (Fsp3) is 0.233. The zero-order valence-corrected chi connectivity index (χ0v) is 24.0. The van der Waals surface area contributed by atoms with Crippen molar-refractivity contribution in [2.24, 2.45) is 0 Å². The molecule has 2 aromatic carbocycles. The van der Waals surface area contributed by atoms with Crippen molar-refractivity contribution >= 4 is 34.6 Å². The molecule has 0 bridgehead atoms. The first kappa shape index (κ1) is 28.7. The van der Waals surface area contributed by atoms with Gasteiger partial charge in [-0.2, -0.15) is 0 Å². The van der Waals surface area contributed by atoms with Crippen molar-refractivity contribution in [1.82, 2.24) is 19.8 Å². The third-order valence-corrected chi connectivity index (χ3v) is 7.68. The molecule has 0 unspecified atom stereocenters. The van der Waals surface area contributed by atoms with Crippen molar-refractivity contribution in [1.29, 1.82) is 0 Å². The number of benzene rings is 2. The van der Waals surface area contributed by atoms with Gasteiger partial charge in [0.25, 0.3) is 5.69 Å². The van der Waals surface area contributed by atoms with Gasteiger partial charge >= 0.3 is 0 Å². The van der Waals surface area contributed by atoms with Gasteiger partial charge in [0, 0.05) is 36.6 Å². The summed E-state index contributed by atoms with van der Waals surface area (Å²) in [6.07, 6.45) is 1.78. The molecule has 12 heteroatoms. The molecule has 1 aliphatic rings. The van der Waals surface area contributed by atoms with Gasteiger partial charge in [-0.15, -0.1) is 0 Å². The highest BCUT2D eigenvalue weighted by molar-refractivity contribution is 7.80. The first-order valence-corrected chi connectivity index (χ1v) is 13.6. The lowest BCUT2D eigenvalue weighted by Gasteiger charge is -2.28. The first-order valence-electron chi connectivity index (χ1n) is 13.2. The van der Waals surface area contributed by atoms with Gasteiger partial charge in [0.2, 0.25) is 5.91 Å². The number of thiocarbonyl (C=S) groups is 1. The average Bonchev–Trinajstić information content (AvgIpc) is 3.47. The molecule has 216 valence electrons. The minimum Gasteiger partial charge on any atom is -0.494 e. The topological polar surface area (TPSA) is 115 Å². The van der Waals surface area contributed by atoms with Gasteiger partial charge < -0.3 is 24.8 Å². The molecule has 0 radical (unpaired) electrons. The second-order valence-electron chi connectivity index (χ2n) is 9.87. The first-order chi connectivity index (χ1) is 20.2. The zero-order valence-electron chi connectivity index (χ0n) is 23.2. The van der Waals surface area contributed by atoms with E-state index in [0.717, 1.165) is 22.6 Å². The Morgan fingerprint density at radius 3 is 2.62 bits per heavy atom. The lowest BCUT2D eigenvalue weighted by Crippen LogP contribution is -2.33. The van der Waals surface area contributed by atoms with Gasteiger partial charge in [-0.05, 0) is 68.0 Å². The molecule has 2 N–H and O–H groups in total. The molecule has 2 aromatic heterocycles. The summed E-state index contributed by atoms with van der Waals surface area (Å²) < 4.78 is 21.6. The quantitative estimate of drug-likeness (QED) is 0.149. The minimum absolute atomic E-state index is 0.0660. The van der Waals surface area contributed by atoms with Crippen LogP contribution in [0.2, 0.25) is 0 Å². The summed E-state index contributed by atoms with van der Waals surface area (Å²) in [5.74, 6) is -0.490. The number of aryl methyl sites for hydroxylation is 1. The number of para-hydroxylation sites is 1. The summed E-state index contributed by atoms with van der Waals surface area (Å²) in [4.78, 5) is 30.3. The van der Waals surface area contributed by atoms with Crippen LogP contribution < -0.4 is 15.4 Å². The number of ether oxygens (including phenoxy) is 1. The lowest BCUT2D eigenvalue weighted by atomic mass is 9.96. The summed E-state index contributed by atoms with van der Waals surface area (Å²) in [5.41, 5.74) is 4.17. The Morgan fingerprint density at radius 1 is 1.17 bits per heavy atom. The fourth-order valence-corrected chi connectivity index (χ4v) is 5.74. The summed E-state index contributed by atoms with van der Waals surface area (Å²) in [5, 5.41) is 17.8. The van der Waals surface area contributed by atoms with E-state index >= 15 is 0 Å². The van der Waals surface area contributed by atoms with Crippen LogP contribution in [0.1, 0.15) is 41.1 Å². The van der Waals surface area contributed by atoms with Gasteiger partial charge in [0.1, 0.15) is 11.6 Å². The van der Waals surface area contributed by atoms with Crippen molar-refractivity contribution < 1.29 is 18.8 Å². The third kappa shape index (κ3) is 5.53. The molecule has 2 atom stereocenters. The molecule has 1 amide bonds. The normalized spacial score (nSPS) is 16.3. The monoisotopic (exact) mass is 588 g/mol. The Morgan fingerprint density at radius 2 is 1.93 bits per heavy atom. The van der Waals surface area contributed by atoms with Crippen LogP contribution in [-0.2, 0) is 4.79 Å². The van der Waals surface area contributed by atoms with Crippen molar-refractivity contribution in [2.75, 3.05) is 19.0 Å². The van der Waals surface area contributed by atoms with Gasteiger partial charge in [0.15, 0.2) is 5.11 Å². The molecule has 1 aliphatic heterocycles. The molecule has 3 heterocycles. The number of nitro benzene ring substituents is 1. The van der Waals surface area contributed by atoms with E-state index in [2.05, 4.69) is 15.6 Å². The van der Waals surface area contributed by atoms with Crippen molar-refractivity contribution in [3.05, 3.63) is 112 Å². The molecule has 1 saturated heterocycles. The molecule has 0 aliphatic carbocycles. The van der Waals surface area contributed by atoms with Crippen LogP contribution in [0.4, 0.5) is 15.8 Å². The largest absolute Gasteiger partial charge is 0.494 e. The van der Waals surface area contributed by atoms with Gasteiger partial charge in [-0.1, -0.05) is 18.2 Å². The standard InChI is InChI=1S/C30H29FN6O4S/c1-18-16-21(19(2)36(18)25-12-11-20(37(39)40)17-26(25)41-3)29-28(24-10-6-7-14-32-24)34-30(42)35(29)15-13-27(38)33-23-9-5-4-8-22(23)31/h4-12,14,16-17,28-29H,13,15H2,1-3H3,(H,33,38)(H,34,42)/t28-,29-/m1/s1. The number of methoxy groups -OCH3 is 1. The highest BCUT2D eigenvalue weighted by atomic mass is 32.1. The molecular formula is C30H29FN6O4S. The van der Waals surface area contributed by atoms with Crippen LogP contribution in [0, 0.1) is 29.8 Å². The van der Waals surface area contributed by atoms with Crippen molar-refractivity contribution in [3.63, 3.8) is 0 Å². The summed E-state index contributed by atoms with van der Waals surface area (Å²) in [6.45, 7) is 4.17.